The number of hydrogen-bond donors (Lipinski definition) is 0. The molecule has 1 nitrogen and oxygen atoms in total. The minimum absolute atomic E-state index is 0.273. The molecule has 1 aliphatic heterocycles. The smallest absolute Gasteiger partial charge is 0.0353 e. The van der Waals surface area contributed by atoms with Crippen molar-refractivity contribution in [1.82, 2.24) is 4.90 Å². The fourth-order valence-electron chi connectivity index (χ4n) is 3.30. The van der Waals surface area contributed by atoms with Crippen molar-refractivity contribution < 1.29 is 0 Å². The van der Waals surface area contributed by atoms with Crippen LogP contribution < -0.4 is 0 Å². The molecule has 1 heteroatoms. The molecule has 0 spiro atoms. The summed E-state index contributed by atoms with van der Waals surface area (Å²) in [5, 5.41) is 0. The molecule has 18 heavy (non-hydrogen) atoms. The standard InChI is InChI=1S/C17H21N/c1-2-17(10-11-17)16-9-6-12-18(14-16)13-15-7-4-3-5-8-15/h1,3-5,7-8,16H,6,9-14H2. The molecule has 1 saturated carbocycles. The molecule has 1 aromatic rings. The van der Waals surface area contributed by atoms with E-state index >= 15 is 0 Å². The van der Waals surface area contributed by atoms with E-state index in [1.54, 1.807) is 0 Å². The van der Waals surface area contributed by atoms with Gasteiger partial charge in [-0.3, -0.25) is 4.90 Å². The highest BCUT2D eigenvalue weighted by molar-refractivity contribution is 5.19. The first kappa shape index (κ1) is 11.8. The molecule has 0 N–H and O–H groups in total. The second-order valence-corrected chi connectivity index (χ2v) is 5.86. The summed E-state index contributed by atoms with van der Waals surface area (Å²) in [5.74, 6) is 3.82. The van der Waals surface area contributed by atoms with Gasteiger partial charge >= 0.3 is 0 Å². The van der Waals surface area contributed by atoms with E-state index < -0.39 is 0 Å². The Morgan fingerprint density at radius 3 is 2.72 bits per heavy atom. The van der Waals surface area contributed by atoms with E-state index in [4.69, 9.17) is 6.42 Å². The van der Waals surface area contributed by atoms with E-state index in [0.717, 1.165) is 12.5 Å². The maximum atomic E-state index is 5.73. The molecule has 1 heterocycles. The summed E-state index contributed by atoms with van der Waals surface area (Å²) in [6.07, 6.45) is 10.9. The fraction of sp³-hybridized carbons (Fsp3) is 0.529. The van der Waals surface area contributed by atoms with E-state index in [1.165, 1.54) is 44.3 Å². The largest absolute Gasteiger partial charge is 0.299 e. The molecule has 1 aromatic carbocycles. The number of hydrogen-bond acceptors (Lipinski definition) is 1. The lowest BCUT2D eigenvalue weighted by Gasteiger charge is -2.35. The van der Waals surface area contributed by atoms with Crippen LogP contribution in [0.15, 0.2) is 30.3 Å². The summed E-state index contributed by atoms with van der Waals surface area (Å²) >= 11 is 0. The van der Waals surface area contributed by atoms with Crippen LogP contribution in [0.1, 0.15) is 31.2 Å². The average Bonchev–Trinajstić information content (AvgIpc) is 3.21. The first-order valence-electron chi connectivity index (χ1n) is 7.06. The number of benzene rings is 1. The molecule has 94 valence electrons. The molecule has 0 amide bonds. The Kier molecular flexibility index (Phi) is 3.14. The highest BCUT2D eigenvalue weighted by Crippen LogP contribution is 2.53. The first-order valence-corrected chi connectivity index (χ1v) is 7.06. The summed E-state index contributed by atoms with van der Waals surface area (Å²) < 4.78 is 0. The van der Waals surface area contributed by atoms with Gasteiger partial charge in [0.05, 0.1) is 0 Å². The summed E-state index contributed by atoms with van der Waals surface area (Å²) in [7, 11) is 0. The fourth-order valence-corrected chi connectivity index (χ4v) is 3.30. The molecular formula is C17H21N. The van der Waals surface area contributed by atoms with Crippen LogP contribution in [-0.4, -0.2) is 18.0 Å². The number of rotatable bonds is 3. The maximum Gasteiger partial charge on any atom is 0.0353 e. The van der Waals surface area contributed by atoms with Gasteiger partial charge in [-0.15, -0.1) is 6.42 Å². The molecule has 0 radical (unpaired) electrons. The molecule has 0 bridgehead atoms. The van der Waals surface area contributed by atoms with Gasteiger partial charge in [-0.25, -0.2) is 0 Å². The van der Waals surface area contributed by atoms with Gasteiger partial charge in [0.1, 0.15) is 0 Å². The van der Waals surface area contributed by atoms with Crippen LogP contribution in [0.5, 0.6) is 0 Å². The van der Waals surface area contributed by atoms with Crippen molar-refractivity contribution in [2.75, 3.05) is 13.1 Å². The van der Waals surface area contributed by atoms with Crippen molar-refractivity contribution in [2.45, 2.75) is 32.2 Å². The second kappa shape index (κ2) is 4.78. The maximum absolute atomic E-state index is 5.73. The zero-order valence-electron chi connectivity index (χ0n) is 10.9. The van der Waals surface area contributed by atoms with Crippen LogP contribution in [0.3, 0.4) is 0 Å². The number of terminal acetylenes is 1. The lowest BCUT2D eigenvalue weighted by Crippen LogP contribution is -2.38. The molecule has 1 unspecified atom stereocenters. The van der Waals surface area contributed by atoms with Crippen molar-refractivity contribution in [3.8, 4) is 12.3 Å². The second-order valence-electron chi connectivity index (χ2n) is 5.86. The average molecular weight is 239 g/mol. The summed E-state index contributed by atoms with van der Waals surface area (Å²) in [4.78, 5) is 2.58. The summed E-state index contributed by atoms with van der Waals surface area (Å²) in [5.41, 5.74) is 1.69. The van der Waals surface area contributed by atoms with Gasteiger partial charge in [0.2, 0.25) is 0 Å². The van der Waals surface area contributed by atoms with Crippen molar-refractivity contribution in [3.05, 3.63) is 35.9 Å². The monoisotopic (exact) mass is 239 g/mol. The highest BCUT2D eigenvalue weighted by Gasteiger charge is 2.48. The van der Waals surface area contributed by atoms with Crippen molar-refractivity contribution in [1.29, 1.82) is 0 Å². The zero-order valence-corrected chi connectivity index (χ0v) is 10.9. The van der Waals surface area contributed by atoms with Crippen LogP contribution in [-0.2, 0) is 6.54 Å². The van der Waals surface area contributed by atoms with Crippen molar-refractivity contribution in [3.63, 3.8) is 0 Å². The molecule has 1 saturated heterocycles. The molecule has 0 aromatic heterocycles. The Labute approximate surface area is 110 Å². The Morgan fingerprint density at radius 1 is 1.28 bits per heavy atom. The van der Waals surface area contributed by atoms with Gasteiger partial charge in [-0.05, 0) is 43.7 Å². The third-order valence-electron chi connectivity index (χ3n) is 4.61. The predicted molar refractivity (Wildman–Crippen MR) is 74.9 cm³/mol. The molecule has 2 fully saturated rings. The van der Waals surface area contributed by atoms with Crippen LogP contribution in [0, 0.1) is 23.7 Å². The third kappa shape index (κ3) is 2.31. The lowest BCUT2D eigenvalue weighted by molar-refractivity contribution is 0.137. The minimum Gasteiger partial charge on any atom is -0.299 e. The van der Waals surface area contributed by atoms with Gasteiger partial charge in [-0.2, -0.15) is 0 Å². The summed E-state index contributed by atoms with van der Waals surface area (Å²) in [6, 6.07) is 10.8. The Hall–Kier alpha value is -1.26. The van der Waals surface area contributed by atoms with E-state index in [0.29, 0.717) is 0 Å². The Balaban J connectivity index is 1.63. The number of nitrogens with zero attached hydrogens (tertiary/aromatic N) is 1. The van der Waals surface area contributed by atoms with E-state index in [-0.39, 0.29) is 5.41 Å². The Morgan fingerprint density at radius 2 is 2.06 bits per heavy atom. The normalized spacial score (nSPS) is 26.5. The molecule has 1 atom stereocenters. The molecule has 1 aliphatic carbocycles. The van der Waals surface area contributed by atoms with Crippen LogP contribution in [0.2, 0.25) is 0 Å². The molecule has 2 aliphatic rings. The van der Waals surface area contributed by atoms with Gasteiger partial charge in [-0.1, -0.05) is 36.3 Å². The van der Waals surface area contributed by atoms with Gasteiger partial charge in [0.25, 0.3) is 0 Å². The highest BCUT2D eigenvalue weighted by atomic mass is 15.1. The van der Waals surface area contributed by atoms with Gasteiger partial charge in [0.15, 0.2) is 0 Å². The predicted octanol–water partition coefficient (Wildman–Crippen LogP) is 3.31. The van der Waals surface area contributed by atoms with Gasteiger partial charge < -0.3 is 0 Å². The quantitative estimate of drug-likeness (QED) is 0.731. The lowest BCUT2D eigenvalue weighted by atomic mass is 9.83. The van der Waals surface area contributed by atoms with E-state index in [2.05, 4.69) is 41.2 Å². The molecule has 3 rings (SSSR count). The van der Waals surface area contributed by atoms with E-state index in [1.807, 2.05) is 0 Å². The minimum atomic E-state index is 0.273. The zero-order chi connectivity index (χ0) is 12.4. The SMILES string of the molecule is C#CC1(C2CCCN(Cc3ccccc3)C2)CC1. The third-order valence-corrected chi connectivity index (χ3v) is 4.61. The number of likely N-dealkylation sites (tertiary alicyclic amines) is 1. The van der Waals surface area contributed by atoms with Crippen molar-refractivity contribution >= 4 is 0 Å². The first-order chi connectivity index (χ1) is 8.82. The van der Waals surface area contributed by atoms with Gasteiger partial charge in [0, 0.05) is 18.5 Å². The Bertz CT molecular complexity index is 438. The van der Waals surface area contributed by atoms with Crippen LogP contribution in [0.25, 0.3) is 0 Å². The topological polar surface area (TPSA) is 3.24 Å². The molecular weight excluding hydrogens is 218 g/mol. The van der Waals surface area contributed by atoms with E-state index in [9.17, 15) is 0 Å². The summed E-state index contributed by atoms with van der Waals surface area (Å²) in [6.45, 7) is 3.50. The van der Waals surface area contributed by atoms with Crippen LogP contribution >= 0.6 is 0 Å². The van der Waals surface area contributed by atoms with Crippen molar-refractivity contribution in [2.24, 2.45) is 11.3 Å². The van der Waals surface area contributed by atoms with Crippen LogP contribution in [0.4, 0.5) is 0 Å². The number of piperidine rings is 1.